The lowest BCUT2D eigenvalue weighted by molar-refractivity contribution is -0.384. The van der Waals surface area contributed by atoms with E-state index in [0.717, 1.165) is 5.56 Å². The lowest BCUT2D eigenvalue weighted by atomic mass is 9.99. The van der Waals surface area contributed by atoms with Gasteiger partial charge in [-0.25, -0.2) is 0 Å². The largest absolute Gasteiger partial charge is 0.299 e. The Morgan fingerprint density at radius 1 is 1.12 bits per heavy atom. The van der Waals surface area contributed by atoms with E-state index in [1.54, 1.807) is 12.1 Å². The number of rotatable bonds is 3. The second-order valence-electron chi connectivity index (χ2n) is 5.73. The SMILES string of the molecule is CC(=O)C1C(=O)c2cc([N+](=O)[O-])ccc2C1=Nc1ccc(C)cc1. The van der Waals surface area contributed by atoms with Gasteiger partial charge in [0.2, 0.25) is 0 Å². The van der Waals surface area contributed by atoms with Gasteiger partial charge in [-0.3, -0.25) is 24.7 Å². The molecule has 1 unspecified atom stereocenters. The summed E-state index contributed by atoms with van der Waals surface area (Å²) in [5.41, 5.74) is 2.52. The lowest BCUT2D eigenvalue weighted by Crippen LogP contribution is -2.23. The summed E-state index contributed by atoms with van der Waals surface area (Å²) < 4.78 is 0. The predicted molar refractivity (Wildman–Crippen MR) is 89.0 cm³/mol. The zero-order chi connectivity index (χ0) is 17.4. The number of hydrogen-bond donors (Lipinski definition) is 0. The fourth-order valence-electron chi connectivity index (χ4n) is 2.77. The monoisotopic (exact) mass is 322 g/mol. The average Bonchev–Trinajstić information content (AvgIpc) is 2.81. The molecule has 0 fully saturated rings. The van der Waals surface area contributed by atoms with Gasteiger partial charge in [-0.05, 0) is 32.0 Å². The van der Waals surface area contributed by atoms with E-state index in [1.807, 2.05) is 19.1 Å². The minimum Gasteiger partial charge on any atom is -0.299 e. The van der Waals surface area contributed by atoms with Crippen LogP contribution < -0.4 is 0 Å². The predicted octanol–water partition coefficient (Wildman–Crippen LogP) is 3.43. The third kappa shape index (κ3) is 2.62. The molecular weight excluding hydrogens is 308 g/mol. The Morgan fingerprint density at radius 3 is 2.38 bits per heavy atom. The van der Waals surface area contributed by atoms with Crippen LogP contribution in [-0.2, 0) is 4.79 Å². The third-order valence-corrected chi connectivity index (χ3v) is 3.98. The maximum absolute atomic E-state index is 12.5. The van der Waals surface area contributed by atoms with Crippen molar-refractivity contribution in [3.8, 4) is 0 Å². The van der Waals surface area contributed by atoms with Gasteiger partial charge < -0.3 is 0 Å². The van der Waals surface area contributed by atoms with E-state index in [0.29, 0.717) is 17.0 Å². The number of benzene rings is 2. The first-order valence-corrected chi connectivity index (χ1v) is 7.37. The molecule has 2 aromatic carbocycles. The molecule has 0 radical (unpaired) electrons. The molecule has 0 saturated heterocycles. The van der Waals surface area contributed by atoms with Gasteiger partial charge in [0.05, 0.1) is 16.3 Å². The molecule has 0 spiro atoms. The summed E-state index contributed by atoms with van der Waals surface area (Å²) in [6.07, 6.45) is 0. The van der Waals surface area contributed by atoms with E-state index in [9.17, 15) is 19.7 Å². The number of nitro groups is 1. The average molecular weight is 322 g/mol. The number of ketones is 2. The number of aliphatic imine (C=N–C) groups is 1. The van der Waals surface area contributed by atoms with Crippen LogP contribution in [0.2, 0.25) is 0 Å². The molecule has 0 aliphatic heterocycles. The minimum absolute atomic E-state index is 0.176. The molecule has 1 aliphatic rings. The van der Waals surface area contributed by atoms with Gasteiger partial charge in [0.25, 0.3) is 5.69 Å². The highest BCUT2D eigenvalue weighted by Crippen LogP contribution is 2.32. The summed E-state index contributed by atoms with van der Waals surface area (Å²) in [7, 11) is 0. The van der Waals surface area contributed by atoms with E-state index in [4.69, 9.17) is 0 Å². The lowest BCUT2D eigenvalue weighted by Gasteiger charge is -2.06. The first kappa shape index (κ1) is 15.7. The molecule has 0 saturated carbocycles. The zero-order valence-corrected chi connectivity index (χ0v) is 13.1. The number of carbonyl (C=O) groups excluding carboxylic acids is 2. The van der Waals surface area contributed by atoms with Crippen molar-refractivity contribution in [2.24, 2.45) is 10.9 Å². The summed E-state index contributed by atoms with van der Waals surface area (Å²) in [5, 5.41) is 10.9. The number of fused-ring (bicyclic) bond motifs is 1. The number of non-ortho nitro benzene ring substituents is 1. The maximum Gasteiger partial charge on any atom is 0.270 e. The number of hydrogen-bond acceptors (Lipinski definition) is 5. The molecule has 1 atom stereocenters. The molecule has 3 rings (SSSR count). The highest BCUT2D eigenvalue weighted by atomic mass is 16.6. The molecule has 24 heavy (non-hydrogen) atoms. The fraction of sp³-hybridized carbons (Fsp3) is 0.167. The molecule has 6 heteroatoms. The molecule has 0 aromatic heterocycles. The quantitative estimate of drug-likeness (QED) is 0.492. The highest BCUT2D eigenvalue weighted by Gasteiger charge is 2.40. The Bertz CT molecular complexity index is 898. The van der Waals surface area contributed by atoms with Crippen LogP contribution in [0.3, 0.4) is 0 Å². The van der Waals surface area contributed by atoms with Crippen LogP contribution in [0.25, 0.3) is 0 Å². The van der Waals surface area contributed by atoms with Gasteiger partial charge in [0, 0.05) is 23.3 Å². The number of Topliss-reactive ketones (excluding diaryl/α,β-unsaturated/α-hetero) is 2. The number of carbonyl (C=O) groups is 2. The van der Waals surface area contributed by atoms with Crippen molar-refractivity contribution >= 4 is 28.7 Å². The first-order chi connectivity index (χ1) is 11.4. The Morgan fingerprint density at radius 2 is 1.79 bits per heavy atom. The number of aryl methyl sites for hydroxylation is 1. The molecule has 0 N–H and O–H groups in total. The maximum atomic E-state index is 12.5. The standard InChI is InChI=1S/C18H14N2O4/c1-10-3-5-12(6-4-10)19-17-14-8-7-13(20(23)24)9-15(14)18(22)16(17)11(2)21/h3-9,16H,1-2H3. The van der Waals surface area contributed by atoms with Crippen LogP contribution >= 0.6 is 0 Å². The second-order valence-corrected chi connectivity index (χ2v) is 5.73. The van der Waals surface area contributed by atoms with Crippen molar-refractivity contribution in [2.45, 2.75) is 13.8 Å². The molecular formula is C18H14N2O4. The van der Waals surface area contributed by atoms with E-state index < -0.39 is 16.6 Å². The fourth-order valence-corrected chi connectivity index (χ4v) is 2.77. The van der Waals surface area contributed by atoms with Crippen molar-refractivity contribution in [2.75, 3.05) is 0 Å². The Hall–Kier alpha value is -3.15. The minimum atomic E-state index is -1.01. The number of nitro benzene ring substituents is 1. The molecule has 120 valence electrons. The molecule has 0 bridgehead atoms. The summed E-state index contributed by atoms with van der Waals surface area (Å²) in [6.45, 7) is 3.27. The second kappa shape index (κ2) is 5.81. The Balaban J connectivity index is 2.17. The van der Waals surface area contributed by atoms with Crippen molar-refractivity contribution in [3.63, 3.8) is 0 Å². The molecule has 1 aliphatic carbocycles. The van der Waals surface area contributed by atoms with E-state index >= 15 is 0 Å². The van der Waals surface area contributed by atoms with Crippen molar-refractivity contribution in [1.29, 1.82) is 0 Å². The van der Waals surface area contributed by atoms with E-state index in [2.05, 4.69) is 4.99 Å². The van der Waals surface area contributed by atoms with Gasteiger partial charge >= 0.3 is 0 Å². The third-order valence-electron chi connectivity index (χ3n) is 3.98. The topological polar surface area (TPSA) is 89.6 Å². The highest BCUT2D eigenvalue weighted by molar-refractivity contribution is 6.37. The summed E-state index contributed by atoms with van der Waals surface area (Å²) in [6, 6.07) is 11.4. The van der Waals surface area contributed by atoms with Gasteiger partial charge in [-0.15, -0.1) is 0 Å². The van der Waals surface area contributed by atoms with Gasteiger partial charge in [-0.1, -0.05) is 17.7 Å². The zero-order valence-electron chi connectivity index (χ0n) is 13.1. The van der Waals surface area contributed by atoms with Crippen molar-refractivity contribution < 1.29 is 14.5 Å². The molecule has 2 aromatic rings. The van der Waals surface area contributed by atoms with Crippen LogP contribution in [0.15, 0.2) is 47.5 Å². The Labute approximate surface area is 138 Å². The molecule has 6 nitrogen and oxygen atoms in total. The summed E-state index contributed by atoms with van der Waals surface area (Å²) in [5.74, 6) is -1.78. The van der Waals surface area contributed by atoms with E-state index in [1.165, 1.54) is 25.1 Å². The van der Waals surface area contributed by atoms with Crippen LogP contribution in [0, 0.1) is 23.0 Å². The van der Waals surface area contributed by atoms with E-state index in [-0.39, 0.29) is 17.0 Å². The van der Waals surface area contributed by atoms with Crippen LogP contribution in [-0.4, -0.2) is 22.2 Å². The van der Waals surface area contributed by atoms with Crippen molar-refractivity contribution in [1.82, 2.24) is 0 Å². The molecule has 0 heterocycles. The van der Waals surface area contributed by atoms with Crippen molar-refractivity contribution in [3.05, 3.63) is 69.3 Å². The van der Waals surface area contributed by atoms with Gasteiger partial charge in [0.15, 0.2) is 5.78 Å². The Kier molecular flexibility index (Phi) is 3.81. The van der Waals surface area contributed by atoms with Gasteiger partial charge in [0.1, 0.15) is 11.7 Å². The van der Waals surface area contributed by atoms with Crippen LogP contribution in [0.5, 0.6) is 0 Å². The summed E-state index contributed by atoms with van der Waals surface area (Å²) in [4.78, 5) is 39.3. The van der Waals surface area contributed by atoms with Crippen LogP contribution in [0.1, 0.15) is 28.4 Å². The molecule has 0 amide bonds. The first-order valence-electron chi connectivity index (χ1n) is 7.37. The number of nitrogens with zero attached hydrogens (tertiary/aromatic N) is 2. The summed E-state index contributed by atoms with van der Waals surface area (Å²) >= 11 is 0. The van der Waals surface area contributed by atoms with Crippen LogP contribution in [0.4, 0.5) is 11.4 Å². The smallest absolute Gasteiger partial charge is 0.270 e. The normalized spacial score (nSPS) is 17.8. The van der Waals surface area contributed by atoms with Gasteiger partial charge in [-0.2, -0.15) is 0 Å².